The summed E-state index contributed by atoms with van der Waals surface area (Å²) in [5.41, 5.74) is 4.94. The number of nitrogens with zero attached hydrogens (tertiary/aromatic N) is 3. The van der Waals surface area contributed by atoms with Crippen LogP contribution >= 0.6 is 0 Å². The quantitative estimate of drug-likeness (QED) is 0.380. The van der Waals surface area contributed by atoms with Gasteiger partial charge >= 0.3 is 12.1 Å². The van der Waals surface area contributed by atoms with Crippen LogP contribution in [-0.4, -0.2) is 21.6 Å². The molecule has 2 bridgehead atoms. The van der Waals surface area contributed by atoms with Crippen molar-refractivity contribution < 1.29 is 22.8 Å². The van der Waals surface area contributed by atoms with Gasteiger partial charge in [0, 0.05) is 5.69 Å². The first kappa shape index (κ1) is 17.8. The molecular formula is C16H21F3N4O2. The van der Waals surface area contributed by atoms with Crippen molar-refractivity contribution in [2.24, 2.45) is 28.6 Å². The number of nitrogens with two attached hydrogens (primary N) is 1. The van der Waals surface area contributed by atoms with E-state index in [0.29, 0.717) is 24.0 Å². The number of hydrogen-bond donors (Lipinski definition) is 1. The van der Waals surface area contributed by atoms with E-state index >= 15 is 0 Å². The number of rotatable bonds is 5. The van der Waals surface area contributed by atoms with Crippen LogP contribution in [0.2, 0.25) is 0 Å². The van der Waals surface area contributed by atoms with Gasteiger partial charge in [0.15, 0.2) is 11.5 Å². The fraction of sp³-hybridized carbons (Fsp3) is 0.688. The summed E-state index contributed by atoms with van der Waals surface area (Å²) in [5, 5.41) is 6.99. The van der Waals surface area contributed by atoms with Crippen LogP contribution in [0.25, 0.3) is 0 Å². The molecule has 0 aromatic carbocycles. The van der Waals surface area contributed by atoms with Crippen LogP contribution in [0.3, 0.4) is 0 Å². The van der Waals surface area contributed by atoms with Gasteiger partial charge in [-0.15, -0.1) is 0 Å². The van der Waals surface area contributed by atoms with Gasteiger partial charge < -0.3 is 10.6 Å². The number of halogens is 3. The molecule has 2 N–H and O–H groups in total. The minimum absolute atomic E-state index is 0.110. The number of carbonyl (C=O) groups is 1. The number of fused-ring (bicyclic) bond motifs is 2. The van der Waals surface area contributed by atoms with Crippen LogP contribution in [-0.2, 0) is 22.4 Å². The van der Waals surface area contributed by atoms with E-state index in [0.717, 1.165) is 23.1 Å². The zero-order chi connectivity index (χ0) is 18.2. The van der Waals surface area contributed by atoms with Gasteiger partial charge in [-0.05, 0) is 50.0 Å². The Hall–Kier alpha value is -2.06. The summed E-state index contributed by atoms with van der Waals surface area (Å²) >= 11 is 0. The lowest BCUT2D eigenvalue weighted by Gasteiger charge is -2.19. The molecule has 0 spiro atoms. The lowest BCUT2D eigenvalue weighted by molar-refractivity contribution is -0.145. The molecule has 1 aromatic rings. The highest BCUT2D eigenvalue weighted by atomic mass is 19.4. The number of aryl methyl sites for hydroxylation is 1. The predicted molar refractivity (Wildman–Crippen MR) is 83.2 cm³/mol. The minimum atomic E-state index is -4.52. The number of hydrogen-bond acceptors (Lipinski definition) is 4. The fourth-order valence-electron chi connectivity index (χ4n) is 3.98. The number of amidine groups is 1. The molecule has 0 saturated heterocycles. The minimum Gasteiger partial charge on any atom is -0.383 e. The first-order chi connectivity index (χ1) is 11.7. The largest absolute Gasteiger partial charge is 0.435 e. The Kier molecular flexibility index (Phi) is 4.75. The zero-order valence-electron chi connectivity index (χ0n) is 13.9. The fourth-order valence-corrected chi connectivity index (χ4v) is 3.98. The smallest absolute Gasteiger partial charge is 0.383 e. The Morgan fingerprint density at radius 2 is 2.20 bits per heavy atom. The van der Waals surface area contributed by atoms with E-state index < -0.39 is 17.8 Å². The van der Waals surface area contributed by atoms with Gasteiger partial charge in [-0.3, -0.25) is 4.68 Å². The second-order valence-electron chi connectivity index (χ2n) is 7.01. The number of oxime groups is 1. The van der Waals surface area contributed by atoms with E-state index in [-0.39, 0.29) is 12.4 Å². The van der Waals surface area contributed by atoms with Gasteiger partial charge in [0.1, 0.15) is 6.54 Å². The summed E-state index contributed by atoms with van der Waals surface area (Å²) in [6.07, 6.45) is 0.486. The number of alkyl halides is 3. The maximum atomic E-state index is 12.6. The molecule has 3 atom stereocenters. The molecule has 0 aliphatic heterocycles. The van der Waals surface area contributed by atoms with E-state index in [1.54, 1.807) is 0 Å². The summed E-state index contributed by atoms with van der Waals surface area (Å²) < 4.78 is 38.9. The highest BCUT2D eigenvalue weighted by Gasteiger charge is 2.40. The Morgan fingerprint density at radius 1 is 1.44 bits per heavy atom. The van der Waals surface area contributed by atoms with Crippen LogP contribution in [0, 0.1) is 24.7 Å². The SMILES string of the molecule is Cc1cc(C(F)(F)F)nn1C/C(N)=N\OC(=O)C[C@@H]1C[C@H]2CC[C@@H]1C2. The third-order valence-corrected chi connectivity index (χ3v) is 5.16. The molecule has 1 aromatic heterocycles. The third-order valence-electron chi connectivity index (χ3n) is 5.16. The molecule has 0 radical (unpaired) electrons. The first-order valence-electron chi connectivity index (χ1n) is 8.36. The van der Waals surface area contributed by atoms with Crippen molar-refractivity contribution in [1.82, 2.24) is 9.78 Å². The molecule has 0 amide bonds. The second-order valence-corrected chi connectivity index (χ2v) is 7.01. The molecule has 2 aliphatic rings. The standard InChI is InChI=1S/C16H21F3N4O2/c1-9-4-13(16(17,18)19)21-23(9)8-14(20)22-25-15(24)7-12-6-10-2-3-11(12)5-10/h4,10-12H,2-3,5-8H2,1H3,(H2,20,22)/t10-,11+,12-/m0/s1. The maximum absolute atomic E-state index is 12.6. The normalized spacial score (nSPS) is 26.2. The molecule has 138 valence electrons. The van der Waals surface area contributed by atoms with Crippen LogP contribution in [0.5, 0.6) is 0 Å². The lowest BCUT2D eigenvalue weighted by Crippen LogP contribution is -2.23. The van der Waals surface area contributed by atoms with Crippen LogP contribution in [0.1, 0.15) is 43.5 Å². The molecule has 25 heavy (non-hydrogen) atoms. The molecule has 3 rings (SSSR count). The van der Waals surface area contributed by atoms with Gasteiger partial charge in [0.05, 0.1) is 6.42 Å². The number of aromatic nitrogens is 2. The van der Waals surface area contributed by atoms with Crippen molar-refractivity contribution >= 4 is 11.8 Å². The molecule has 2 fully saturated rings. The van der Waals surface area contributed by atoms with Gasteiger partial charge in [0.25, 0.3) is 0 Å². The van der Waals surface area contributed by atoms with E-state index in [1.165, 1.54) is 26.2 Å². The van der Waals surface area contributed by atoms with Crippen molar-refractivity contribution in [2.45, 2.75) is 51.7 Å². The third kappa shape index (κ3) is 4.13. The lowest BCUT2D eigenvalue weighted by atomic mass is 9.86. The zero-order valence-corrected chi connectivity index (χ0v) is 13.9. The Labute approximate surface area is 143 Å². The summed E-state index contributed by atoms with van der Waals surface area (Å²) in [6, 6.07) is 0.925. The Bertz CT molecular complexity index is 683. The van der Waals surface area contributed by atoms with Crippen molar-refractivity contribution in [3.63, 3.8) is 0 Å². The van der Waals surface area contributed by atoms with E-state index in [4.69, 9.17) is 10.6 Å². The van der Waals surface area contributed by atoms with Crippen molar-refractivity contribution in [1.29, 1.82) is 0 Å². The summed E-state index contributed by atoms with van der Waals surface area (Å²) in [7, 11) is 0. The molecular weight excluding hydrogens is 337 g/mol. The highest BCUT2D eigenvalue weighted by molar-refractivity contribution is 5.80. The van der Waals surface area contributed by atoms with Gasteiger partial charge in [-0.25, -0.2) is 4.79 Å². The van der Waals surface area contributed by atoms with E-state index in [2.05, 4.69) is 10.3 Å². The molecule has 9 heteroatoms. The average molecular weight is 358 g/mol. The van der Waals surface area contributed by atoms with Crippen molar-refractivity contribution in [2.75, 3.05) is 0 Å². The molecule has 6 nitrogen and oxygen atoms in total. The van der Waals surface area contributed by atoms with Crippen molar-refractivity contribution in [3.8, 4) is 0 Å². The van der Waals surface area contributed by atoms with Gasteiger partial charge in [-0.1, -0.05) is 11.6 Å². The van der Waals surface area contributed by atoms with Gasteiger partial charge in [0.2, 0.25) is 0 Å². The molecule has 2 saturated carbocycles. The van der Waals surface area contributed by atoms with Crippen LogP contribution < -0.4 is 5.73 Å². The summed E-state index contributed by atoms with van der Waals surface area (Å²) in [5.74, 6) is 1.13. The summed E-state index contributed by atoms with van der Waals surface area (Å²) in [6.45, 7) is 1.31. The molecule has 2 aliphatic carbocycles. The number of carbonyl (C=O) groups excluding carboxylic acids is 1. The van der Waals surface area contributed by atoms with Crippen LogP contribution in [0.15, 0.2) is 11.2 Å². The van der Waals surface area contributed by atoms with Crippen LogP contribution in [0.4, 0.5) is 13.2 Å². The predicted octanol–water partition coefficient (Wildman–Crippen LogP) is 2.85. The van der Waals surface area contributed by atoms with E-state index in [1.807, 2.05) is 0 Å². The van der Waals surface area contributed by atoms with Crippen molar-refractivity contribution in [3.05, 3.63) is 17.5 Å². The molecule has 0 unspecified atom stereocenters. The molecule has 1 heterocycles. The van der Waals surface area contributed by atoms with E-state index in [9.17, 15) is 18.0 Å². The first-order valence-corrected chi connectivity index (χ1v) is 8.36. The second kappa shape index (κ2) is 6.68. The highest BCUT2D eigenvalue weighted by Crippen LogP contribution is 2.49. The average Bonchev–Trinajstić information content (AvgIpc) is 3.21. The maximum Gasteiger partial charge on any atom is 0.435 e. The summed E-state index contributed by atoms with van der Waals surface area (Å²) in [4.78, 5) is 16.7. The van der Waals surface area contributed by atoms with Gasteiger partial charge in [-0.2, -0.15) is 18.3 Å². The topological polar surface area (TPSA) is 82.5 Å². The Morgan fingerprint density at radius 3 is 2.76 bits per heavy atom. The Balaban J connectivity index is 1.52. The monoisotopic (exact) mass is 358 g/mol.